The van der Waals surface area contributed by atoms with E-state index in [1.165, 1.54) is 109 Å². The van der Waals surface area contributed by atoms with Crippen LogP contribution < -0.4 is 0 Å². The van der Waals surface area contributed by atoms with Crippen LogP contribution in [-0.2, 0) is 9.53 Å². The summed E-state index contributed by atoms with van der Waals surface area (Å²) in [7, 11) is 0. The van der Waals surface area contributed by atoms with Crippen LogP contribution in [-0.4, -0.2) is 12.6 Å². The van der Waals surface area contributed by atoms with Gasteiger partial charge in [0.25, 0.3) is 0 Å². The van der Waals surface area contributed by atoms with Gasteiger partial charge in [0.2, 0.25) is 0 Å². The van der Waals surface area contributed by atoms with E-state index in [4.69, 9.17) is 4.74 Å². The largest absolute Gasteiger partial charge is 0.463 e. The van der Waals surface area contributed by atoms with Crippen molar-refractivity contribution in [3.8, 4) is 0 Å². The van der Waals surface area contributed by atoms with Crippen molar-refractivity contribution in [2.45, 2.75) is 122 Å². The van der Waals surface area contributed by atoms with Crippen molar-refractivity contribution in [2.75, 3.05) is 6.61 Å². The predicted molar refractivity (Wildman–Crippen MR) is 119 cm³/mol. The molecule has 2 heteroatoms. The Kier molecular flexibility index (Phi) is 22.1. The SMILES string of the molecule is C=CC(=O)OCCCCCCCCCCCCC=CCCCCCCCC. The third kappa shape index (κ3) is 22.9. The number of carbonyl (C=O) groups is 1. The highest BCUT2D eigenvalue weighted by Crippen LogP contribution is 2.12. The van der Waals surface area contributed by atoms with E-state index >= 15 is 0 Å². The zero-order chi connectivity index (χ0) is 19.8. The quantitative estimate of drug-likeness (QED) is 0.0868. The van der Waals surface area contributed by atoms with Gasteiger partial charge >= 0.3 is 5.97 Å². The molecule has 0 amide bonds. The molecule has 0 N–H and O–H groups in total. The van der Waals surface area contributed by atoms with Crippen molar-refractivity contribution in [3.63, 3.8) is 0 Å². The Balaban J connectivity index is 3.09. The van der Waals surface area contributed by atoms with Gasteiger partial charge in [-0.15, -0.1) is 0 Å². The van der Waals surface area contributed by atoms with Crippen LogP contribution in [0.3, 0.4) is 0 Å². The maximum Gasteiger partial charge on any atom is 0.330 e. The molecule has 2 nitrogen and oxygen atoms in total. The first kappa shape index (κ1) is 26.0. The third-order valence-corrected chi connectivity index (χ3v) is 5.07. The molecule has 0 heterocycles. The Morgan fingerprint density at radius 1 is 0.667 bits per heavy atom. The average molecular weight is 379 g/mol. The van der Waals surface area contributed by atoms with Crippen molar-refractivity contribution in [3.05, 3.63) is 24.8 Å². The van der Waals surface area contributed by atoms with Crippen molar-refractivity contribution >= 4 is 5.97 Å². The minimum atomic E-state index is -0.303. The van der Waals surface area contributed by atoms with E-state index in [1.807, 2.05) is 0 Å². The number of hydrogen-bond donors (Lipinski definition) is 0. The van der Waals surface area contributed by atoms with Crippen molar-refractivity contribution in [1.29, 1.82) is 0 Å². The summed E-state index contributed by atoms with van der Waals surface area (Å²) in [6, 6.07) is 0. The molecule has 27 heavy (non-hydrogen) atoms. The van der Waals surface area contributed by atoms with E-state index in [0.29, 0.717) is 6.61 Å². The van der Waals surface area contributed by atoms with Crippen LogP contribution in [0.1, 0.15) is 122 Å². The van der Waals surface area contributed by atoms with Gasteiger partial charge in [-0.1, -0.05) is 109 Å². The molecule has 0 aliphatic rings. The Hall–Kier alpha value is -1.05. The monoisotopic (exact) mass is 378 g/mol. The Morgan fingerprint density at radius 3 is 1.52 bits per heavy atom. The van der Waals surface area contributed by atoms with Crippen molar-refractivity contribution in [2.24, 2.45) is 0 Å². The molecule has 0 saturated carbocycles. The van der Waals surface area contributed by atoms with Crippen molar-refractivity contribution < 1.29 is 9.53 Å². The lowest BCUT2D eigenvalue weighted by molar-refractivity contribution is -0.137. The summed E-state index contributed by atoms with van der Waals surface area (Å²) in [4.78, 5) is 10.9. The molecule has 0 atom stereocenters. The molecule has 0 fully saturated rings. The van der Waals surface area contributed by atoms with E-state index < -0.39 is 0 Å². The highest BCUT2D eigenvalue weighted by molar-refractivity contribution is 5.81. The van der Waals surface area contributed by atoms with Crippen LogP contribution >= 0.6 is 0 Å². The second-order valence-electron chi connectivity index (χ2n) is 7.72. The van der Waals surface area contributed by atoms with E-state index in [9.17, 15) is 4.79 Å². The van der Waals surface area contributed by atoms with E-state index in [2.05, 4.69) is 25.7 Å². The summed E-state index contributed by atoms with van der Waals surface area (Å²) >= 11 is 0. The van der Waals surface area contributed by atoms with Crippen LogP contribution in [0.15, 0.2) is 24.8 Å². The van der Waals surface area contributed by atoms with Crippen LogP contribution in [0, 0.1) is 0 Å². The molecule has 0 bridgehead atoms. The number of esters is 1. The first-order chi connectivity index (χ1) is 13.3. The van der Waals surface area contributed by atoms with Gasteiger partial charge in [-0.25, -0.2) is 4.79 Å². The third-order valence-electron chi connectivity index (χ3n) is 5.07. The van der Waals surface area contributed by atoms with Crippen LogP contribution in [0.25, 0.3) is 0 Å². The predicted octanol–water partition coefficient (Wildman–Crippen LogP) is 8.31. The molecule has 0 saturated heterocycles. The molecule has 0 radical (unpaired) electrons. The minimum Gasteiger partial charge on any atom is -0.463 e. The number of unbranched alkanes of at least 4 members (excludes halogenated alkanes) is 16. The highest BCUT2D eigenvalue weighted by atomic mass is 16.5. The van der Waals surface area contributed by atoms with Gasteiger partial charge < -0.3 is 4.74 Å². The van der Waals surface area contributed by atoms with Gasteiger partial charge in [0.15, 0.2) is 0 Å². The van der Waals surface area contributed by atoms with Gasteiger partial charge in [0.1, 0.15) is 0 Å². The van der Waals surface area contributed by atoms with Crippen LogP contribution in [0.2, 0.25) is 0 Å². The molecule has 0 spiro atoms. The van der Waals surface area contributed by atoms with Gasteiger partial charge in [-0.2, -0.15) is 0 Å². The zero-order valence-corrected chi connectivity index (χ0v) is 18.2. The molecule has 0 aromatic heterocycles. The van der Waals surface area contributed by atoms with Gasteiger partial charge in [-0.3, -0.25) is 0 Å². The lowest BCUT2D eigenvalue weighted by Gasteiger charge is -2.03. The zero-order valence-electron chi connectivity index (χ0n) is 18.2. The molecule has 0 aliphatic heterocycles. The average Bonchev–Trinajstić information content (AvgIpc) is 2.68. The molecular formula is C25H46O2. The molecule has 0 aromatic rings. The molecule has 0 rings (SSSR count). The van der Waals surface area contributed by atoms with Crippen LogP contribution in [0.4, 0.5) is 0 Å². The first-order valence-corrected chi connectivity index (χ1v) is 11.8. The number of allylic oxidation sites excluding steroid dienone is 2. The second kappa shape index (κ2) is 23.0. The fraction of sp³-hybridized carbons (Fsp3) is 0.800. The second-order valence-corrected chi connectivity index (χ2v) is 7.72. The molecule has 0 aliphatic carbocycles. The van der Waals surface area contributed by atoms with Crippen LogP contribution in [0.5, 0.6) is 0 Å². The minimum absolute atomic E-state index is 0.303. The molecule has 0 aromatic carbocycles. The smallest absolute Gasteiger partial charge is 0.330 e. The summed E-state index contributed by atoms with van der Waals surface area (Å²) < 4.78 is 4.97. The molecule has 0 unspecified atom stereocenters. The summed E-state index contributed by atoms with van der Waals surface area (Å²) in [6.07, 6.45) is 29.9. The van der Waals surface area contributed by atoms with Gasteiger partial charge in [-0.05, 0) is 32.1 Å². The summed E-state index contributed by atoms with van der Waals surface area (Å²) in [5, 5.41) is 0. The van der Waals surface area contributed by atoms with E-state index in [1.54, 1.807) is 0 Å². The van der Waals surface area contributed by atoms with E-state index in [0.717, 1.165) is 12.8 Å². The normalized spacial score (nSPS) is 11.1. The topological polar surface area (TPSA) is 26.3 Å². The number of rotatable bonds is 21. The number of ether oxygens (including phenoxy) is 1. The van der Waals surface area contributed by atoms with Crippen molar-refractivity contribution in [1.82, 2.24) is 0 Å². The molecular weight excluding hydrogens is 332 g/mol. The highest BCUT2D eigenvalue weighted by Gasteiger charge is 1.96. The van der Waals surface area contributed by atoms with E-state index in [-0.39, 0.29) is 5.97 Å². The number of carbonyl (C=O) groups excluding carboxylic acids is 1. The fourth-order valence-electron chi connectivity index (χ4n) is 3.29. The van der Waals surface area contributed by atoms with Gasteiger partial charge in [0.05, 0.1) is 6.61 Å². The summed E-state index contributed by atoms with van der Waals surface area (Å²) in [5.41, 5.74) is 0. The summed E-state index contributed by atoms with van der Waals surface area (Å²) in [6.45, 7) is 6.21. The first-order valence-electron chi connectivity index (χ1n) is 11.8. The van der Waals surface area contributed by atoms with Gasteiger partial charge in [0, 0.05) is 6.08 Å². The summed E-state index contributed by atoms with van der Waals surface area (Å²) in [5.74, 6) is -0.303. The Morgan fingerprint density at radius 2 is 1.07 bits per heavy atom. The molecule has 158 valence electrons. The fourth-order valence-corrected chi connectivity index (χ4v) is 3.29. The maximum absolute atomic E-state index is 10.9. The lowest BCUT2D eigenvalue weighted by Crippen LogP contribution is -2.01. The Labute approximate surface area is 169 Å². The lowest BCUT2D eigenvalue weighted by atomic mass is 10.1. The number of hydrogen-bond acceptors (Lipinski definition) is 2. The maximum atomic E-state index is 10.9. The standard InChI is InChI=1S/C25H46O2/c1-3-5-6-7-8-9-10-11-12-13-14-15-16-17-18-19-20-21-22-23-24-27-25(26)4-2/h4,11-12H,2-3,5-10,13-24H2,1H3. The Bertz CT molecular complexity index is 346.